The normalized spacial score (nSPS) is 13.4. The topological polar surface area (TPSA) is 30.5 Å². The first-order valence-corrected chi connectivity index (χ1v) is 6.39. The molecule has 1 N–H and O–H groups in total. The average Bonchev–Trinajstić information content (AvgIpc) is 2.40. The maximum atomic E-state index is 5.53. The van der Waals surface area contributed by atoms with E-state index in [9.17, 15) is 0 Å². The van der Waals surface area contributed by atoms with Gasteiger partial charge in [0.25, 0.3) is 0 Å². The van der Waals surface area contributed by atoms with Crippen LogP contribution in [-0.4, -0.2) is 32.9 Å². The molecule has 1 atom stereocenters. The number of hydrogen-bond acceptors (Lipinski definition) is 3. The van der Waals surface area contributed by atoms with Crippen molar-refractivity contribution in [1.29, 1.82) is 0 Å². The van der Waals surface area contributed by atoms with Gasteiger partial charge in [0.1, 0.15) is 5.75 Å². The van der Waals surface area contributed by atoms with Gasteiger partial charge in [-0.15, -0.1) is 0 Å². The molecule has 0 aliphatic heterocycles. The summed E-state index contributed by atoms with van der Waals surface area (Å²) in [7, 11) is 5.43. The molecule has 0 spiro atoms. The van der Waals surface area contributed by atoms with Crippen LogP contribution in [0.1, 0.15) is 25.8 Å². The van der Waals surface area contributed by atoms with E-state index >= 15 is 0 Å². The Labute approximate surface area is 110 Å². The van der Waals surface area contributed by atoms with Crippen LogP contribution in [0.5, 0.6) is 5.75 Å². The second-order valence-corrected chi connectivity index (χ2v) is 5.04. The fourth-order valence-corrected chi connectivity index (χ4v) is 2.09. The van der Waals surface area contributed by atoms with Crippen molar-refractivity contribution in [3.63, 3.8) is 0 Å². The molecule has 0 fully saturated rings. The van der Waals surface area contributed by atoms with Gasteiger partial charge in [-0.2, -0.15) is 0 Å². The van der Waals surface area contributed by atoms with Gasteiger partial charge in [0.2, 0.25) is 0 Å². The minimum atomic E-state index is -0.152. The third-order valence-corrected chi connectivity index (χ3v) is 3.59. The molecule has 0 radical (unpaired) electrons. The van der Waals surface area contributed by atoms with E-state index in [1.165, 1.54) is 5.56 Å². The third kappa shape index (κ3) is 4.00. The van der Waals surface area contributed by atoms with Gasteiger partial charge < -0.3 is 14.8 Å². The lowest BCUT2D eigenvalue weighted by Gasteiger charge is -2.33. The summed E-state index contributed by atoms with van der Waals surface area (Å²) >= 11 is 0. The van der Waals surface area contributed by atoms with Crippen molar-refractivity contribution < 1.29 is 9.47 Å². The van der Waals surface area contributed by atoms with E-state index in [4.69, 9.17) is 9.47 Å². The van der Waals surface area contributed by atoms with Gasteiger partial charge in [0.15, 0.2) is 0 Å². The van der Waals surface area contributed by atoms with Crippen LogP contribution in [-0.2, 0) is 11.2 Å². The second kappa shape index (κ2) is 6.76. The number of hydrogen-bond donors (Lipinski definition) is 1. The van der Waals surface area contributed by atoms with E-state index in [-0.39, 0.29) is 5.60 Å². The highest BCUT2D eigenvalue weighted by atomic mass is 16.5. The minimum Gasteiger partial charge on any atom is -0.497 e. The Morgan fingerprint density at radius 2 is 1.78 bits per heavy atom. The largest absolute Gasteiger partial charge is 0.497 e. The molecule has 102 valence electrons. The van der Waals surface area contributed by atoms with Crippen LogP contribution in [0.25, 0.3) is 0 Å². The van der Waals surface area contributed by atoms with Gasteiger partial charge in [-0.25, -0.2) is 0 Å². The summed E-state index contributed by atoms with van der Waals surface area (Å²) in [6.45, 7) is 4.23. The van der Waals surface area contributed by atoms with E-state index in [0.29, 0.717) is 6.04 Å². The van der Waals surface area contributed by atoms with E-state index in [1.807, 2.05) is 19.2 Å². The van der Waals surface area contributed by atoms with E-state index in [0.717, 1.165) is 18.6 Å². The zero-order valence-electron chi connectivity index (χ0n) is 12.1. The monoisotopic (exact) mass is 251 g/mol. The maximum absolute atomic E-state index is 5.53. The lowest BCUT2D eigenvalue weighted by molar-refractivity contribution is -0.0103. The Morgan fingerprint density at radius 1 is 1.17 bits per heavy atom. The zero-order valence-corrected chi connectivity index (χ0v) is 12.1. The van der Waals surface area contributed by atoms with Crippen LogP contribution in [0, 0.1) is 0 Å². The molecule has 0 saturated heterocycles. The predicted octanol–water partition coefficient (Wildman–Crippen LogP) is 2.64. The van der Waals surface area contributed by atoms with E-state index in [1.54, 1.807) is 14.2 Å². The molecule has 0 aliphatic carbocycles. The standard InChI is InChI=1S/C15H25NO2/c1-15(2,18-5)14(16-3)11-8-12-6-9-13(17-4)10-7-12/h6-7,9-10,14,16H,8,11H2,1-5H3. The zero-order chi connectivity index (χ0) is 13.6. The van der Waals surface area contributed by atoms with E-state index < -0.39 is 0 Å². The second-order valence-electron chi connectivity index (χ2n) is 5.04. The molecule has 0 heterocycles. The van der Waals surface area contributed by atoms with Crippen LogP contribution >= 0.6 is 0 Å². The molecule has 0 aromatic heterocycles. The van der Waals surface area contributed by atoms with Crippen molar-refractivity contribution >= 4 is 0 Å². The Bertz CT molecular complexity index is 346. The fourth-order valence-electron chi connectivity index (χ4n) is 2.09. The fraction of sp³-hybridized carbons (Fsp3) is 0.600. The molecule has 1 aromatic rings. The van der Waals surface area contributed by atoms with Crippen molar-refractivity contribution in [2.24, 2.45) is 0 Å². The molecular formula is C15H25NO2. The number of aryl methyl sites for hydroxylation is 1. The predicted molar refractivity (Wildman–Crippen MR) is 75.3 cm³/mol. The molecule has 0 amide bonds. The maximum Gasteiger partial charge on any atom is 0.118 e. The SMILES string of the molecule is CNC(CCc1ccc(OC)cc1)C(C)(C)OC. The Kier molecular flexibility index (Phi) is 5.63. The number of benzene rings is 1. The molecule has 0 aliphatic rings. The molecule has 0 saturated carbocycles. The molecular weight excluding hydrogens is 226 g/mol. The number of ether oxygens (including phenoxy) is 2. The molecule has 3 heteroatoms. The lowest BCUT2D eigenvalue weighted by Crippen LogP contribution is -2.46. The van der Waals surface area contributed by atoms with E-state index in [2.05, 4.69) is 31.3 Å². The van der Waals surface area contributed by atoms with Gasteiger partial charge in [0.05, 0.1) is 12.7 Å². The summed E-state index contributed by atoms with van der Waals surface area (Å²) < 4.78 is 10.7. The summed E-state index contributed by atoms with van der Waals surface area (Å²) in [6.07, 6.45) is 2.08. The summed E-state index contributed by atoms with van der Waals surface area (Å²) in [5.74, 6) is 0.904. The van der Waals surface area contributed by atoms with Crippen molar-refractivity contribution in [3.05, 3.63) is 29.8 Å². The van der Waals surface area contributed by atoms with Crippen molar-refractivity contribution in [3.8, 4) is 5.75 Å². The summed E-state index contributed by atoms with van der Waals surface area (Å²) in [4.78, 5) is 0. The van der Waals surface area contributed by atoms with Gasteiger partial charge in [0, 0.05) is 13.2 Å². The summed E-state index contributed by atoms with van der Waals surface area (Å²) in [6, 6.07) is 8.58. The van der Waals surface area contributed by atoms with Crippen LogP contribution < -0.4 is 10.1 Å². The molecule has 3 nitrogen and oxygen atoms in total. The minimum absolute atomic E-state index is 0.152. The molecule has 18 heavy (non-hydrogen) atoms. The van der Waals surface area contributed by atoms with Crippen molar-refractivity contribution in [2.45, 2.75) is 38.3 Å². The van der Waals surface area contributed by atoms with Crippen LogP contribution in [0.4, 0.5) is 0 Å². The van der Waals surface area contributed by atoms with Crippen molar-refractivity contribution in [1.82, 2.24) is 5.32 Å². The molecule has 1 unspecified atom stereocenters. The summed E-state index contributed by atoms with van der Waals surface area (Å²) in [5.41, 5.74) is 1.17. The number of likely N-dealkylation sites (N-methyl/N-ethyl adjacent to an activating group) is 1. The molecule has 1 aromatic carbocycles. The first-order valence-electron chi connectivity index (χ1n) is 6.39. The van der Waals surface area contributed by atoms with Crippen LogP contribution in [0.3, 0.4) is 0 Å². The number of rotatable bonds is 7. The highest BCUT2D eigenvalue weighted by molar-refractivity contribution is 5.27. The van der Waals surface area contributed by atoms with Gasteiger partial charge in [-0.3, -0.25) is 0 Å². The third-order valence-electron chi connectivity index (χ3n) is 3.59. The highest BCUT2D eigenvalue weighted by Gasteiger charge is 2.27. The smallest absolute Gasteiger partial charge is 0.118 e. The Hall–Kier alpha value is -1.06. The highest BCUT2D eigenvalue weighted by Crippen LogP contribution is 2.19. The number of methoxy groups -OCH3 is 2. The van der Waals surface area contributed by atoms with Crippen LogP contribution in [0.15, 0.2) is 24.3 Å². The summed E-state index contributed by atoms with van der Waals surface area (Å²) in [5, 5.41) is 3.34. The van der Waals surface area contributed by atoms with Gasteiger partial charge >= 0.3 is 0 Å². The average molecular weight is 251 g/mol. The first kappa shape index (κ1) is 15.0. The lowest BCUT2D eigenvalue weighted by atomic mass is 9.92. The Morgan fingerprint density at radius 3 is 2.22 bits per heavy atom. The number of nitrogens with one attached hydrogen (secondary N) is 1. The molecule has 0 bridgehead atoms. The van der Waals surface area contributed by atoms with Crippen molar-refractivity contribution in [2.75, 3.05) is 21.3 Å². The Balaban J connectivity index is 2.57. The first-order chi connectivity index (χ1) is 8.53. The van der Waals surface area contributed by atoms with Gasteiger partial charge in [-0.1, -0.05) is 12.1 Å². The van der Waals surface area contributed by atoms with Gasteiger partial charge in [-0.05, 0) is 51.4 Å². The van der Waals surface area contributed by atoms with Crippen LogP contribution in [0.2, 0.25) is 0 Å². The quantitative estimate of drug-likeness (QED) is 0.808. The molecule has 1 rings (SSSR count).